The Morgan fingerprint density at radius 3 is 2.58 bits per heavy atom. The smallest absolute Gasteiger partial charge is 0.243 e. The molecule has 0 aliphatic heterocycles. The first-order valence-corrected chi connectivity index (χ1v) is 6.91. The summed E-state index contributed by atoms with van der Waals surface area (Å²) in [6.07, 6.45) is 2.22. The molecule has 0 atom stereocenters. The van der Waals surface area contributed by atoms with Crippen molar-refractivity contribution >= 4 is 17.5 Å². The van der Waals surface area contributed by atoms with E-state index < -0.39 is 0 Å². The van der Waals surface area contributed by atoms with Gasteiger partial charge in [0.25, 0.3) is 0 Å². The van der Waals surface area contributed by atoms with Crippen molar-refractivity contribution in [1.82, 2.24) is 10.2 Å². The summed E-state index contributed by atoms with van der Waals surface area (Å²) in [7, 11) is 2.07. The van der Waals surface area contributed by atoms with Crippen LogP contribution in [0.2, 0.25) is 0 Å². The summed E-state index contributed by atoms with van der Waals surface area (Å²) < 4.78 is 0. The summed E-state index contributed by atoms with van der Waals surface area (Å²) in [4.78, 5) is 13.2. The Morgan fingerprint density at radius 2 is 2.00 bits per heavy atom. The molecule has 0 aliphatic rings. The highest BCUT2D eigenvalue weighted by atomic mass is 35.5. The van der Waals surface area contributed by atoms with Crippen LogP contribution in [0.5, 0.6) is 0 Å². The van der Waals surface area contributed by atoms with E-state index in [1.807, 2.05) is 0 Å². The molecule has 104 valence electrons. The molecule has 0 radical (unpaired) electrons. The minimum Gasteiger partial charge on any atom is -0.353 e. The number of carbonyl (C=O) groups excluding carboxylic acids is 1. The normalized spacial score (nSPS) is 10.5. The first kappa shape index (κ1) is 15.7. The largest absolute Gasteiger partial charge is 0.353 e. The lowest BCUT2D eigenvalue weighted by Crippen LogP contribution is -2.26. The number of benzene rings is 1. The van der Waals surface area contributed by atoms with Gasteiger partial charge in [-0.25, -0.2) is 0 Å². The van der Waals surface area contributed by atoms with E-state index in [0.717, 1.165) is 25.1 Å². The van der Waals surface area contributed by atoms with Crippen LogP contribution in [0.3, 0.4) is 0 Å². The standard InChI is InChI=1S/C15H21ClN2O/c1-3-15(19)17-9-4-10-18(2)12-14-7-5-13(11-16)6-8-14/h3,5-8H,1,4,9-12H2,2H3,(H,17,19). The van der Waals surface area contributed by atoms with Gasteiger partial charge in [0.2, 0.25) is 5.91 Å². The van der Waals surface area contributed by atoms with E-state index in [4.69, 9.17) is 11.6 Å². The van der Waals surface area contributed by atoms with Crippen molar-refractivity contribution in [2.24, 2.45) is 0 Å². The maximum absolute atomic E-state index is 11.0. The van der Waals surface area contributed by atoms with E-state index in [9.17, 15) is 4.79 Å². The van der Waals surface area contributed by atoms with Crippen LogP contribution in [0.1, 0.15) is 17.5 Å². The molecule has 0 saturated heterocycles. The molecule has 0 aliphatic carbocycles. The second kappa shape index (κ2) is 8.73. The first-order valence-electron chi connectivity index (χ1n) is 6.38. The van der Waals surface area contributed by atoms with E-state index >= 15 is 0 Å². The fourth-order valence-electron chi connectivity index (χ4n) is 1.76. The fourth-order valence-corrected chi connectivity index (χ4v) is 1.94. The minimum absolute atomic E-state index is 0.112. The van der Waals surface area contributed by atoms with Gasteiger partial charge in [0.1, 0.15) is 0 Å². The summed E-state index contributed by atoms with van der Waals surface area (Å²) in [5.41, 5.74) is 2.41. The SMILES string of the molecule is C=CC(=O)NCCCN(C)Cc1ccc(CCl)cc1. The highest BCUT2D eigenvalue weighted by Crippen LogP contribution is 2.08. The van der Waals surface area contributed by atoms with Crippen LogP contribution < -0.4 is 5.32 Å². The average Bonchev–Trinajstić information content (AvgIpc) is 2.44. The van der Waals surface area contributed by atoms with Gasteiger partial charge in [-0.3, -0.25) is 4.79 Å². The Labute approximate surface area is 120 Å². The van der Waals surface area contributed by atoms with E-state index in [1.165, 1.54) is 11.6 Å². The third kappa shape index (κ3) is 6.41. The second-order valence-electron chi connectivity index (χ2n) is 4.54. The highest BCUT2D eigenvalue weighted by molar-refractivity contribution is 6.17. The topological polar surface area (TPSA) is 32.3 Å². The Morgan fingerprint density at radius 1 is 1.37 bits per heavy atom. The maximum Gasteiger partial charge on any atom is 0.243 e. The number of nitrogens with one attached hydrogen (secondary N) is 1. The molecule has 1 N–H and O–H groups in total. The molecule has 1 aromatic carbocycles. The summed E-state index contributed by atoms with van der Waals surface area (Å²) >= 11 is 5.76. The molecule has 0 heterocycles. The zero-order valence-corrected chi connectivity index (χ0v) is 12.1. The van der Waals surface area contributed by atoms with Crippen LogP contribution in [-0.2, 0) is 17.2 Å². The summed E-state index contributed by atoms with van der Waals surface area (Å²) in [5.74, 6) is 0.443. The lowest BCUT2D eigenvalue weighted by atomic mass is 10.1. The van der Waals surface area contributed by atoms with Crippen LogP contribution in [0.25, 0.3) is 0 Å². The summed E-state index contributed by atoms with van der Waals surface area (Å²) in [6, 6.07) is 8.32. The van der Waals surface area contributed by atoms with Crippen LogP contribution >= 0.6 is 11.6 Å². The molecular formula is C15H21ClN2O. The first-order chi connectivity index (χ1) is 9.15. The van der Waals surface area contributed by atoms with Crippen LogP contribution in [0.4, 0.5) is 0 Å². The number of halogens is 1. The molecule has 0 saturated carbocycles. The van der Waals surface area contributed by atoms with E-state index in [-0.39, 0.29) is 5.91 Å². The third-order valence-corrected chi connectivity index (χ3v) is 3.14. The van der Waals surface area contributed by atoms with Crippen molar-refractivity contribution in [2.45, 2.75) is 18.8 Å². The van der Waals surface area contributed by atoms with Gasteiger partial charge in [-0.15, -0.1) is 11.6 Å². The van der Waals surface area contributed by atoms with Crippen molar-refractivity contribution in [3.05, 3.63) is 48.0 Å². The molecule has 0 fully saturated rings. The van der Waals surface area contributed by atoms with E-state index in [0.29, 0.717) is 12.4 Å². The molecule has 1 rings (SSSR count). The van der Waals surface area contributed by atoms with Crippen LogP contribution in [0, 0.1) is 0 Å². The number of amides is 1. The molecule has 1 aromatic rings. The quantitative estimate of drug-likeness (QED) is 0.451. The van der Waals surface area contributed by atoms with Gasteiger partial charge in [-0.1, -0.05) is 30.8 Å². The van der Waals surface area contributed by atoms with Crippen LogP contribution in [-0.4, -0.2) is 30.9 Å². The average molecular weight is 281 g/mol. The van der Waals surface area contributed by atoms with Gasteiger partial charge in [0, 0.05) is 19.0 Å². The predicted octanol–water partition coefficient (Wildman–Crippen LogP) is 2.55. The number of carbonyl (C=O) groups is 1. The van der Waals surface area contributed by atoms with E-state index in [1.54, 1.807) is 0 Å². The lowest BCUT2D eigenvalue weighted by molar-refractivity contribution is -0.116. The summed E-state index contributed by atoms with van der Waals surface area (Å²) in [5, 5.41) is 2.77. The van der Waals surface area contributed by atoms with Crippen molar-refractivity contribution < 1.29 is 4.79 Å². The van der Waals surface area contributed by atoms with Gasteiger partial charge >= 0.3 is 0 Å². The van der Waals surface area contributed by atoms with Gasteiger partial charge < -0.3 is 10.2 Å². The molecular weight excluding hydrogens is 260 g/mol. The zero-order chi connectivity index (χ0) is 14.1. The fraction of sp³-hybridized carbons (Fsp3) is 0.400. The summed E-state index contributed by atoms with van der Waals surface area (Å²) in [6.45, 7) is 5.93. The van der Waals surface area contributed by atoms with Crippen molar-refractivity contribution in [2.75, 3.05) is 20.1 Å². The highest BCUT2D eigenvalue weighted by Gasteiger charge is 2.01. The Bertz CT molecular complexity index is 403. The van der Waals surface area contributed by atoms with Crippen molar-refractivity contribution in [3.63, 3.8) is 0 Å². The Hall–Kier alpha value is -1.32. The van der Waals surface area contributed by atoms with Crippen LogP contribution in [0.15, 0.2) is 36.9 Å². The van der Waals surface area contributed by atoms with Gasteiger partial charge in [0.05, 0.1) is 0 Å². The zero-order valence-electron chi connectivity index (χ0n) is 11.4. The Balaban J connectivity index is 2.24. The Kier molecular flexibility index (Phi) is 7.23. The van der Waals surface area contributed by atoms with Crippen molar-refractivity contribution in [1.29, 1.82) is 0 Å². The number of nitrogens with zero attached hydrogens (tertiary/aromatic N) is 1. The number of hydrogen-bond donors (Lipinski definition) is 1. The van der Waals surface area contributed by atoms with Gasteiger partial charge in [0.15, 0.2) is 0 Å². The molecule has 19 heavy (non-hydrogen) atoms. The number of rotatable bonds is 8. The predicted molar refractivity (Wildman–Crippen MR) is 80.2 cm³/mol. The molecule has 0 spiro atoms. The molecule has 0 bridgehead atoms. The lowest BCUT2D eigenvalue weighted by Gasteiger charge is -2.16. The molecule has 0 unspecified atom stereocenters. The molecule has 0 aromatic heterocycles. The minimum atomic E-state index is -0.112. The van der Waals surface area contributed by atoms with Crippen molar-refractivity contribution in [3.8, 4) is 0 Å². The monoisotopic (exact) mass is 280 g/mol. The third-order valence-electron chi connectivity index (χ3n) is 2.83. The second-order valence-corrected chi connectivity index (χ2v) is 4.80. The number of hydrogen-bond acceptors (Lipinski definition) is 2. The van der Waals surface area contributed by atoms with Gasteiger partial charge in [-0.05, 0) is 37.2 Å². The van der Waals surface area contributed by atoms with Gasteiger partial charge in [-0.2, -0.15) is 0 Å². The number of alkyl halides is 1. The maximum atomic E-state index is 11.0. The molecule has 1 amide bonds. The molecule has 3 nitrogen and oxygen atoms in total. The molecule has 4 heteroatoms. The van der Waals surface area contributed by atoms with E-state index in [2.05, 4.69) is 48.1 Å².